The molecule has 0 unspecified atom stereocenters. The summed E-state index contributed by atoms with van der Waals surface area (Å²) in [6.45, 7) is 13.1. The van der Waals surface area contributed by atoms with Gasteiger partial charge in [-0.05, 0) is 27.7 Å². The van der Waals surface area contributed by atoms with Gasteiger partial charge in [0.2, 0.25) is 0 Å². The van der Waals surface area contributed by atoms with Gasteiger partial charge in [-0.2, -0.15) is 0 Å². The first-order chi connectivity index (χ1) is 5.02. The SMILES string of the molecule is C=C/N=C\N(CC)C(C)(C)C. The molecule has 2 nitrogen and oxygen atoms in total. The third-order valence-electron chi connectivity index (χ3n) is 1.51. The second-order valence-corrected chi connectivity index (χ2v) is 3.40. The van der Waals surface area contributed by atoms with E-state index in [0.29, 0.717) is 0 Å². The number of rotatable bonds is 3. The van der Waals surface area contributed by atoms with Gasteiger partial charge in [0.1, 0.15) is 0 Å². The van der Waals surface area contributed by atoms with Gasteiger partial charge >= 0.3 is 0 Å². The van der Waals surface area contributed by atoms with Crippen LogP contribution >= 0.6 is 0 Å². The van der Waals surface area contributed by atoms with Gasteiger partial charge in [-0.1, -0.05) is 6.58 Å². The number of hydrogen-bond acceptors (Lipinski definition) is 1. The molecule has 0 aromatic rings. The zero-order valence-corrected chi connectivity index (χ0v) is 7.96. The molecular formula is C9H18N2. The average Bonchev–Trinajstić information content (AvgIpc) is 1.87. The number of aliphatic imine (C=N–C) groups is 1. The normalized spacial score (nSPS) is 12.0. The summed E-state index contributed by atoms with van der Waals surface area (Å²) < 4.78 is 0. The molecule has 0 N–H and O–H groups in total. The molecule has 0 saturated carbocycles. The Kier molecular flexibility index (Phi) is 3.86. The lowest BCUT2D eigenvalue weighted by atomic mass is 10.1. The predicted molar refractivity (Wildman–Crippen MR) is 50.8 cm³/mol. The highest BCUT2D eigenvalue weighted by Crippen LogP contribution is 2.09. The van der Waals surface area contributed by atoms with Crippen molar-refractivity contribution in [3.8, 4) is 0 Å². The van der Waals surface area contributed by atoms with Gasteiger partial charge in [-0.25, -0.2) is 4.99 Å². The number of hydrogen-bond donors (Lipinski definition) is 0. The third kappa shape index (κ3) is 3.81. The maximum absolute atomic E-state index is 3.97. The van der Waals surface area contributed by atoms with Gasteiger partial charge < -0.3 is 4.90 Å². The van der Waals surface area contributed by atoms with Crippen LogP contribution in [0.5, 0.6) is 0 Å². The molecule has 0 aliphatic heterocycles. The van der Waals surface area contributed by atoms with Crippen LogP contribution in [0, 0.1) is 0 Å². The van der Waals surface area contributed by atoms with Gasteiger partial charge in [-0.15, -0.1) is 0 Å². The highest BCUT2D eigenvalue weighted by Gasteiger charge is 2.15. The van der Waals surface area contributed by atoms with E-state index in [1.165, 1.54) is 0 Å². The Morgan fingerprint density at radius 2 is 2.00 bits per heavy atom. The van der Waals surface area contributed by atoms with E-state index in [4.69, 9.17) is 0 Å². The first-order valence-electron chi connectivity index (χ1n) is 3.93. The lowest BCUT2D eigenvalue weighted by Gasteiger charge is -2.32. The summed E-state index contributed by atoms with van der Waals surface area (Å²) in [7, 11) is 0. The van der Waals surface area contributed by atoms with Crippen molar-refractivity contribution < 1.29 is 0 Å². The monoisotopic (exact) mass is 154 g/mol. The lowest BCUT2D eigenvalue weighted by molar-refractivity contribution is 0.256. The van der Waals surface area contributed by atoms with Crippen LogP contribution in [0.2, 0.25) is 0 Å². The lowest BCUT2D eigenvalue weighted by Crippen LogP contribution is -2.39. The summed E-state index contributed by atoms with van der Waals surface area (Å²) in [6.07, 6.45) is 3.38. The first-order valence-corrected chi connectivity index (χ1v) is 3.93. The highest BCUT2D eigenvalue weighted by molar-refractivity contribution is 5.56. The van der Waals surface area contributed by atoms with Gasteiger partial charge in [0.25, 0.3) is 0 Å². The molecule has 0 atom stereocenters. The van der Waals surface area contributed by atoms with E-state index >= 15 is 0 Å². The Hall–Kier alpha value is -0.790. The zero-order chi connectivity index (χ0) is 8.91. The molecule has 0 radical (unpaired) electrons. The topological polar surface area (TPSA) is 15.6 Å². The van der Waals surface area contributed by atoms with Crippen LogP contribution in [0.1, 0.15) is 27.7 Å². The standard InChI is InChI=1S/C9H18N2/c1-6-10-8-11(7-2)9(3,4)5/h6,8H,1,7H2,2-5H3/b10-8-. The Bertz CT molecular complexity index is 142. The van der Waals surface area contributed by atoms with Crippen molar-refractivity contribution >= 4 is 6.34 Å². The summed E-state index contributed by atoms with van der Waals surface area (Å²) in [5.74, 6) is 0. The fraction of sp³-hybridized carbons (Fsp3) is 0.667. The highest BCUT2D eigenvalue weighted by atomic mass is 15.2. The van der Waals surface area contributed by atoms with Crippen molar-refractivity contribution in [3.05, 3.63) is 12.8 Å². The molecule has 2 heteroatoms. The summed E-state index contributed by atoms with van der Waals surface area (Å²) >= 11 is 0. The van der Waals surface area contributed by atoms with E-state index < -0.39 is 0 Å². The van der Waals surface area contributed by atoms with Crippen LogP contribution in [0.25, 0.3) is 0 Å². The van der Waals surface area contributed by atoms with Crippen LogP contribution in [-0.2, 0) is 0 Å². The molecule has 11 heavy (non-hydrogen) atoms. The maximum atomic E-state index is 3.97. The average molecular weight is 154 g/mol. The van der Waals surface area contributed by atoms with Crippen LogP contribution in [0.3, 0.4) is 0 Å². The van der Waals surface area contributed by atoms with Gasteiger partial charge in [-0.3, -0.25) is 0 Å². The molecule has 0 bridgehead atoms. The smallest absolute Gasteiger partial charge is 0.0908 e. The molecule has 0 aromatic heterocycles. The molecular weight excluding hydrogens is 136 g/mol. The van der Waals surface area contributed by atoms with Crippen molar-refractivity contribution in [2.24, 2.45) is 4.99 Å². The Morgan fingerprint density at radius 1 is 1.45 bits per heavy atom. The molecule has 0 aliphatic carbocycles. The molecule has 0 aromatic carbocycles. The number of nitrogens with zero attached hydrogens (tertiary/aromatic N) is 2. The van der Waals surface area contributed by atoms with E-state index in [1.807, 2.05) is 6.34 Å². The fourth-order valence-corrected chi connectivity index (χ4v) is 0.857. The molecule has 0 aliphatic rings. The molecule has 0 amide bonds. The van der Waals surface area contributed by atoms with Crippen LogP contribution < -0.4 is 0 Å². The summed E-state index contributed by atoms with van der Waals surface area (Å²) in [5, 5.41) is 0. The maximum Gasteiger partial charge on any atom is 0.0908 e. The van der Waals surface area contributed by atoms with E-state index in [-0.39, 0.29) is 5.54 Å². The van der Waals surface area contributed by atoms with Crippen molar-refractivity contribution in [2.45, 2.75) is 33.2 Å². The summed E-state index contributed by atoms with van der Waals surface area (Å²) in [4.78, 5) is 6.14. The van der Waals surface area contributed by atoms with Crippen LogP contribution in [0.4, 0.5) is 0 Å². The molecule has 0 rings (SSSR count). The minimum Gasteiger partial charge on any atom is -0.358 e. The van der Waals surface area contributed by atoms with Gasteiger partial charge in [0.15, 0.2) is 0 Å². The Balaban J connectivity index is 4.17. The Labute approximate surface area is 69.6 Å². The third-order valence-corrected chi connectivity index (χ3v) is 1.51. The second-order valence-electron chi connectivity index (χ2n) is 3.40. The Morgan fingerprint density at radius 3 is 2.27 bits per heavy atom. The van der Waals surface area contributed by atoms with E-state index in [2.05, 4.69) is 44.2 Å². The minimum atomic E-state index is 0.154. The van der Waals surface area contributed by atoms with E-state index in [9.17, 15) is 0 Å². The first kappa shape index (κ1) is 10.2. The van der Waals surface area contributed by atoms with Crippen molar-refractivity contribution in [1.29, 1.82) is 0 Å². The molecule has 0 fully saturated rings. The van der Waals surface area contributed by atoms with Crippen LogP contribution in [0.15, 0.2) is 17.8 Å². The molecule has 0 saturated heterocycles. The van der Waals surface area contributed by atoms with Crippen LogP contribution in [-0.4, -0.2) is 23.3 Å². The second kappa shape index (κ2) is 4.16. The van der Waals surface area contributed by atoms with Crippen molar-refractivity contribution in [1.82, 2.24) is 4.90 Å². The van der Waals surface area contributed by atoms with Gasteiger partial charge in [0, 0.05) is 18.3 Å². The predicted octanol–water partition coefficient (Wildman–Crippen LogP) is 2.28. The van der Waals surface area contributed by atoms with Crippen molar-refractivity contribution in [2.75, 3.05) is 6.54 Å². The summed E-state index contributed by atoms with van der Waals surface area (Å²) in [6, 6.07) is 0. The largest absolute Gasteiger partial charge is 0.358 e. The zero-order valence-electron chi connectivity index (χ0n) is 7.96. The van der Waals surface area contributed by atoms with Crippen molar-refractivity contribution in [3.63, 3.8) is 0 Å². The molecule has 0 spiro atoms. The minimum absolute atomic E-state index is 0.154. The molecule has 64 valence electrons. The van der Waals surface area contributed by atoms with E-state index in [0.717, 1.165) is 6.54 Å². The summed E-state index contributed by atoms with van der Waals surface area (Å²) in [5.41, 5.74) is 0.154. The van der Waals surface area contributed by atoms with E-state index in [1.54, 1.807) is 6.20 Å². The molecule has 0 heterocycles. The quantitative estimate of drug-likeness (QED) is 0.450. The van der Waals surface area contributed by atoms with Gasteiger partial charge in [0.05, 0.1) is 6.34 Å². The fourth-order valence-electron chi connectivity index (χ4n) is 0.857.